The van der Waals surface area contributed by atoms with E-state index in [2.05, 4.69) is 0 Å². The van der Waals surface area contributed by atoms with E-state index in [4.69, 9.17) is 4.74 Å². The van der Waals surface area contributed by atoms with Gasteiger partial charge in [-0.05, 0) is 30.7 Å². The van der Waals surface area contributed by atoms with Gasteiger partial charge in [-0.3, -0.25) is 0 Å². The zero-order chi connectivity index (χ0) is 14.3. The number of benzene rings is 1. The molecule has 2 aliphatic heterocycles. The van der Waals surface area contributed by atoms with Crippen LogP contribution in [-0.2, 0) is 14.8 Å². The first-order chi connectivity index (χ1) is 9.54. The highest BCUT2D eigenvalue weighted by Crippen LogP contribution is 2.38. The van der Waals surface area contributed by atoms with Crippen molar-refractivity contribution in [1.29, 1.82) is 0 Å². The lowest BCUT2D eigenvalue weighted by atomic mass is 10.0. The van der Waals surface area contributed by atoms with Gasteiger partial charge in [0, 0.05) is 12.0 Å². The van der Waals surface area contributed by atoms with Crippen LogP contribution in [0.1, 0.15) is 6.42 Å². The van der Waals surface area contributed by atoms with E-state index in [1.807, 2.05) is 0 Å². The number of hydrogen-bond donors (Lipinski definition) is 1. The van der Waals surface area contributed by atoms with E-state index >= 15 is 0 Å². The molecular weight excluding hydrogens is 285 g/mol. The van der Waals surface area contributed by atoms with E-state index in [9.17, 15) is 17.9 Å². The summed E-state index contributed by atoms with van der Waals surface area (Å²) in [4.78, 5) is 0.0462. The van der Waals surface area contributed by atoms with Crippen LogP contribution >= 0.6 is 0 Å². The molecule has 1 N–H and O–H groups in total. The average Bonchev–Trinajstić information content (AvgIpc) is 2.98. The van der Waals surface area contributed by atoms with Crippen LogP contribution in [0.4, 0.5) is 4.39 Å². The molecule has 0 unspecified atom stereocenters. The van der Waals surface area contributed by atoms with Crippen molar-refractivity contribution < 1.29 is 22.7 Å². The summed E-state index contributed by atoms with van der Waals surface area (Å²) in [5.74, 6) is -0.353. The SMILES string of the molecule is O=S(=O)(c1ccc(F)cc1)N1[C@H](CO)C[C@H]2COC[C@H]21. The smallest absolute Gasteiger partial charge is 0.243 e. The largest absolute Gasteiger partial charge is 0.395 e. The van der Waals surface area contributed by atoms with Crippen molar-refractivity contribution in [2.45, 2.75) is 23.4 Å². The molecule has 0 bridgehead atoms. The summed E-state index contributed by atoms with van der Waals surface area (Å²) in [6.07, 6.45) is 0.599. The summed E-state index contributed by atoms with van der Waals surface area (Å²) in [5.41, 5.74) is 0. The van der Waals surface area contributed by atoms with Gasteiger partial charge >= 0.3 is 0 Å². The Morgan fingerprint density at radius 2 is 2.00 bits per heavy atom. The van der Waals surface area contributed by atoms with E-state index in [-0.39, 0.29) is 23.5 Å². The third-order valence-corrected chi connectivity index (χ3v) is 6.02. The Balaban J connectivity index is 1.98. The minimum absolute atomic E-state index is 0.0462. The number of rotatable bonds is 3. The molecule has 2 aliphatic rings. The summed E-state index contributed by atoms with van der Waals surface area (Å²) in [7, 11) is -3.74. The van der Waals surface area contributed by atoms with Crippen molar-refractivity contribution >= 4 is 10.0 Å². The third-order valence-electron chi connectivity index (χ3n) is 4.03. The van der Waals surface area contributed by atoms with Crippen molar-refractivity contribution in [2.75, 3.05) is 19.8 Å². The molecule has 0 aliphatic carbocycles. The molecule has 1 aromatic carbocycles. The summed E-state index contributed by atoms with van der Waals surface area (Å²) in [5, 5.41) is 9.44. The summed E-state index contributed by atoms with van der Waals surface area (Å²) in [6, 6.07) is 4.09. The van der Waals surface area contributed by atoms with Gasteiger partial charge in [0.15, 0.2) is 0 Å². The molecule has 0 saturated carbocycles. The summed E-state index contributed by atoms with van der Waals surface area (Å²) < 4.78 is 45.0. The van der Waals surface area contributed by atoms with Gasteiger partial charge in [0.25, 0.3) is 0 Å². The van der Waals surface area contributed by atoms with Crippen molar-refractivity contribution in [1.82, 2.24) is 4.31 Å². The van der Waals surface area contributed by atoms with Crippen LogP contribution in [0.3, 0.4) is 0 Å². The van der Waals surface area contributed by atoms with E-state index in [1.54, 1.807) is 0 Å². The molecule has 110 valence electrons. The zero-order valence-electron chi connectivity index (χ0n) is 10.8. The zero-order valence-corrected chi connectivity index (χ0v) is 11.6. The minimum atomic E-state index is -3.74. The molecule has 20 heavy (non-hydrogen) atoms. The van der Waals surface area contributed by atoms with Crippen molar-refractivity contribution in [3.63, 3.8) is 0 Å². The second kappa shape index (κ2) is 5.07. The van der Waals surface area contributed by atoms with Crippen LogP contribution in [0, 0.1) is 11.7 Å². The molecule has 0 aromatic heterocycles. The second-order valence-electron chi connectivity index (χ2n) is 5.23. The molecule has 0 radical (unpaired) electrons. The van der Waals surface area contributed by atoms with Crippen molar-refractivity contribution in [3.05, 3.63) is 30.1 Å². The molecule has 2 saturated heterocycles. The van der Waals surface area contributed by atoms with Crippen LogP contribution in [0.2, 0.25) is 0 Å². The van der Waals surface area contributed by atoms with Gasteiger partial charge in [-0.25, -0.2) is 12.8 Å². The normalized spacial score (nSPS) is 30.6. The number of sulfonamides is 1. The number of aliphatic hydroxyl groups excluding tert-OH is 1. The lowest BCUT2D eigenvalue weighted by Gasteiger charge is -2.27. The van der Waals surface area contributed by atoms with Crippen LogP contribution in [0.15, 0.2) is 29.2 Å². The van der Waals surface area contributed by atoms with Crippen LogP contribution in [-0.4, -0.2) is 49.7 Å². The van der Waals surface area contributed by atoms with Crippen molar-refractivity contribution in [2.24, 2.45) is 5.92 Å². The second-order valence-corrected chi connectivity index (χ2v) is 7.07. The number of ether oxygens (including phenoxy) is 1. The van der Waals surface area contributed by atoms with Gasteiger partial charge < -0.3 is 9.84 Å². The Morgan fingerprint density at radius 3 is 2.65 bits per heavy atom. The van der Waals surface area contributed by atoms with E-state index < -0.39 is 21.9 Å². The molecule has 1 aromatic rings. The number of hydrogen-bond acceptors (Lipinski definition) is 4. The van der Waals surface area contributed by atoms with Gasteiger partial charge in [-0.1, -0.05) is 0 Å². The molecule has 5 nitrogen and oxygen atoms in total. The topological polar surface area (TPSA) is 66.8 Å². The standard InChI is InChI=1S/C13H16FNO4S/c14-10-1-3-12(4-2-10)20(17,18)15-11(6-16)5-9-7-19-8-13(9)15/h1-4,9,11,13,16H,5-8H2/t9-,11-,13+/m0/s1. The molecular formula is C13H16FNO4S. The monoisotopic (exact) mass is 301 g/mol. The highest BCUT2D eigenvalue weighted by atomic mass is 32.2. The fourth-order valence-corrected chi connectivity index (χ4v) is 4.93. The summed E-state index contributed by atoms with van der Waals surface area (Å²) >= 11 is 0. The molecule has 2 heterocycles. The molecule has 0 amide bonds. The fraction of sp³-hybridized carbons (Fsp3) is 0.538. The highest BCUT2D eigenvalue weighted by molar-refractivity contribution is 7.89. The Kier molecular flexibility index (Phi) is 3.53. The quantitative estimate of drug-likeness (QED) is 0.887. The first-order valence-corrected chi connectivity index (χ1v) is 7.95. The number of halogens is 1. The van der Waals surface area contributed by atoms with E-state index in [0.29, 0.717) is 19.6 Å². The van der Waals surface area contributed by atoms with Gasteiger partial charge in [0.2, 0.25) is 10.0 Å². The maximum absolute atomic E-state index is 12.9. The molecule has 0 spiro atoms. The van der Waals surface area contributed by atoms with Crippen molar-refractivity contribution in [3.8, 4) is 0 Å². The van der Waals surface area contributed by atoms with Gasteiger partial charge in [0.1, 0.15) is 5.82 Å². The Morgan fingerprint density at radius 1 is 1.30 bits per heavy atom. The number of fused-ring (bicyclic) bond motifs is 1. The van der Waals surface area contributed by atoms with Crippen LogP contribution in [0.25, 0.3) is 0 Å². The Hall–Kier alpha value is -1.02. The molecule has 3 atom stereocenters. The van der Waals surface area contributed by atoms with E-state index in [0.717, 1.165) is 12.1 Å². The van der Waals surface area contributed by atoms with Crippen LogP contribution in [0.5, 0.6) is 0 Å². The predicted octanol–water partition coefficient (Wildman–Crippen LogP) is 0.596. The number of nitrogens with zero attached hydrogens (tertiary/aromatic N) is 1. The highest BCUT2D eigenvalue weighted by Gasteiger charge is 2.49. The van der Waals surface area contributed by atoms with E-state index in [1.165, 1.54) is 16.4 Å². The first-order valence-electron chi connectivity index (χ1n) is 6.51. The predicted molar refractivity (Wildman–Crippen MR) is 69.0 cm³/mol. The van der Waals surface area contributed by atoms with Gasteiger partial charge in [-0.2, -0.15) is 4.31 Å². The summed E-state index contributed by atoms with van der Waals surface area (Å²) in [6.45, 7) is 0.658. The molecule has 7 heteroatoms. The molecule has 3 rings (SSSR count). The third kappa shape index (κ3) is 2.14. The van der Waals surface area contributed by atoms with Gasteiger partial charge in [-0.15, -0.1) is 0 Å². The Bertz CT molecular complexity index is 589. The maximum atomic E-state index is 12.9. The van der Waals surface area contributed by atoms with Crippen LogP contribution < -0.4 is 0 Å². The average molecular weight is 301 g/mol. The first kappa shape index (κ1) is 13.9. The lowest BCUT2D eigenvalue weighted by Crippen LogP contribution is -2.44. The molecule has 2 fully saturated rings. The Labute approximate surface area is 117 Å². The number of aliphatic hydroxyl groups is 1. The van der Waals surface area contributed by atoms with Gasteiger partial charge in [0.05, 0.1) is 30.8 Å². The lowest BCUT2D eigenvalue weighted by molar-refractivity contribution is 0.136. The maximum Gasteiger partial charge on any atom is 0.243 e. The minimum Gasteiger partial charge on any atom is -0.395 e. The fourth-order valence-electron chi connectivity index (χ4n) is 3.08.